The monoisotopic (exact) mass is 463 g/mol. The lowest BCUT2D eigenvalue weighted by Gasteiger charge is -2.36. The van der Waals surface area contributed by atoms with Crippen molar-refractivity contribution in [3.8, 4) is 5.75 Å². The molecule has 2 aliphatic heterocycles. The summed E-state index contributed by atoms with van der Waals surface area (Å²) in [5, 5.41) is 3.52. The van der Waals surface area contributed by atoms with Crippen LogP contribution in [0.25, 0.3) is 0 Å². The molecule has 2 aromatic carbocycles. The molecule has 0 fully saturated rings. The Morgan fingerprint density at radius 1 is 1.00 bits per heavy atom. The van der Waals surface area contributed by atoms with Crippen LogP contribution in [0.2, 0.25) is 0 Å². The van der Waals surface area contributed by atoms with E-state index in [-0.39, 0.29) is 17.3 Å². The van der Waals surface area contributed by atoms with Gasteiger partial charge in [-0.3, -0.25) is 0 Å². The molecule has 7 nitrogen and oxygen atoms in total. The average molecular weight is 464 g/mol. The van der Waals surface area contributed by atoms with Crippen LogP contribution in [0.15, 0.2) is 77.9 Å². The molecule has 2 bridgehead atoms. The van der Waals surface area contributed by atoms with Crippen molar-refractivity contribution in [2.24, 2.45) is 0 Å². The van der Waals surface area contributed by atoms with Crippen LogP contribution < -0.4 is 10.1 Å². The smallest absolute Gasteiger partial charge is 0.337 e. The Morgan fingerprint density at radius 3 is 2.29 bits per heavy atom. The van der Waals surface area contributed by atoms with Gasteiger partial charge in [-0.05, 0) is 56.2 Å². The van der Waals surface area contributed by atoms with Gasteiger partial charge in [-0.1, -0.05) is 36.4 Å². The van der Waals surface area contributed by atoms with Crippen molar-refractivity contribution in [1.82, 2.24) is 0 Å². The van der Waals surface area contributed by atoms with Gasteiger partial charge in [0.25, 0.3) is 0 Å². The summed E-state index contributed by atoms with van der Waals surface area (Å²) in [6.45, 7) is 3.96. The van der Waals surface area contributed by atoms with Gasteiger partial charge < -0.3 is 24.3 Å². The number of carbonyl (C=O) groups is 2. The van der Waals surface area contributed by atoms with Crippen LogP contribution in [-0.2, 0) is 30.2 Å². The number of carbonyl (C=O) groups excluding carboxylic acids is 2. The number of ether oxygens (including phenoxy) is 4. The molecule has 3 atom stereocenters. The molecule has 0 saturated heterocycles. The molecule has 178 valence electrons. The molecule has 0 aromatic heterocycles. The van der Waals surface area contributed by atoms with Gasteiger partial charge in [-0.25, -0.2) is 9.59 Å². The zero-order chi connectivity index (χ0) is 24.3. The van der Waals surface area contributed by atoms with Crippen LogP contribution in [0.5, 0.6) is 5.75 Å². The van der Waals surface area contributed by atoms with Crippen molar-refractivity contribution >= 4 is 17.6 Å². The van der Waals surface area contributed by atoms with Crippen molar-refractivity contribution in [2.45, 2.75) is 44.1 Å². The van der Waals surface area contributed by atoms with Gasteiger partial charge in [0.2, 0.25) is 0 Å². The summed E-state index contributed by atoms with van der Waals surface area (Å²) in [5.41, 5.74) is 1.01. The molecule has 7 heteroatoms. The minimum Gasteiger partial charge on any atom is -0.491 e. The van der Waals surface area contributed by atoms with Crippen LogP contribution in [0.1, 0.15) is 19.4 Å². The summed E-state index contributed by atoms with van der Waals surface area (Å²) in [6.07, 6.45) is 3.53. The van der Waals surface area contributed by atoms with Crippen molar-refractivity contribution in [1.29, 1.82) is 0 Å². The van der Waals surface area contributed by atoms with E-state index in [0.717, 1.165) is 17.0 Å². The van der Waals surface area contributed by atoms with Gasteiger partial charge in [0.05, 0.1) is 37.5 Å². The number of para-hydroxylation sites is 1. The fraction of sp³-hybridized carbons (Fsp3) is 0.333. The summed E-state index contributed by atoms with van der Waals surface area (Å²) in [5.74, 6) is -0.441. The zero-order valence-corrected chi connectivity index (χ0v) is 19.7. The molecule has 2 aliphatic rings. The third kappa shape index (κ3) is 4.43. The molecule has 1 N–H and O–H groups in total. The van der Waals surface area contributed by atoms with Gasteiger partial charge in [0, 0.05) is 5.69 Å². The molecular formula is C27H29NO6. The SMILES string of the molecule is COC(=O)C1=C(C(=O)OC)C2(C(Cc3ccc(OC(C)C)cc3)Nc3ccccc3)C=CC1O2. The van der Waals surface area contributed by atoms with Crippen LogP contribution in [0, 0.1) is 0 Å². The number of benzene rings is 2. The fourth-order valence-corrected chi connectivity index (χ4v) is 4.50. The van der Waals surface area contributed by atoms with Gasteiger partial charge in [0.1, 0.15) is 17.5 Å². The van der Waals surface area contributed by atoms with Crippen molar-refractivity contribution in [2.75, 3.05) is 19.5 Å². The zero-order valence-electron chi connectivity index (χ0n) is 19.7. The largest absolute Gasteiger partial charge is 0.491 e. The van der Waals surface area contributed by atoms with E-state index >= 15 is 0 Å². The summed E-state index contributed by atoms with van der Waals surface area (Å²) in [6, 6.07) is 17.1. The van der Waals surface area contributed by atoms with E-state index in [1.54, 1.807) is 6.08 Å². The summed E-state index contributed by atoms with van der Waals surface area (Å²) in [4.78, 5) is 25.6. The first-order chi connectivity index (χ1) is 16.4. The number of esters is 2. The lowest BCUT2D eigenvalue weighted by atomic mass is 9.79. The second-order valence-electron chi connectivity index (χ2n) is 8.54. The Kier molecular flexibility index (Phi) is 6.75. The molecule has 4 rings (SSSR count). The summed E-state index contributed by atoms with van der Waals surface area (Å²) >= 11 is 0. The lowest BCUT2D eigenvalue weighted by Crippen LogP contribution is -2.49. The van der Waals surface area contributed by atoms with Crippen molar-refractivity contribution in [3.05, 3.63) is 83.5 Å². The maximum absolute atomic E-state index is 13.0. The first-order valence-corrected chi connectivity index (χ1v) is 11.2. The first-order valence-electron chi connectivity index (χ1n) is 11.2. The van der Waals surface area contributed by atoms with Gasteiger partial charge in [0.15, 0.2) is 0 Å². The van der Waals surface area contributed by atoms with E-state index in [1.165, 1.54) is 14.2 Å². The Morgan fingerprint density at radius 2 is 1.68 bits per heavy atom. The lowest BCUT2D eigenvalue weighted by molar-refractivity contribution is -0.139. The highest BCUT2D eigenvalue weighted by Crippen LogP contribution is 2.47. The molecule has 2 heterocycles. The van der Waals surface area contributed by atoms with E-state index in [4.69, 9.17) is 18.9 Å². The maximum atomic E-state index is 13.0. The van der Waals surface area contributed by atoms with Gasteiger partial charge in [-0.15, -0.1) is 0 Å². The standard InChI is InChI=1S/C27H29NO6/c1-17(2)33-20-12-10-18(11-13-20)16-22(28-19-8-6-5-7-9-19)27-15-14-21(34-27)23(25(29)31-3)24(27)26(30)32-4/h5-15,17,21-22,28H,16H2,1-4H3. The molecule has 0 saturated carbocycles. The van der Waals surface area contributed by atoms with Crippen molar-refractivity contribution in [3.63, 3.8) is 0 Å². The summed E-state index contributed by atoms with van der Waals surface area (Å²) in [7, 11) is 2.58. The van der Waals surface area contributed by atoms with E-state index < -0.39 is 29.7 Å². The molecule has 2 aromatic rings. The second kappa shape index (κ2) is 9.73. The van der Waals surface area contributed by atoms with Crippen LogP contribution >= 0.6 is 0 Å². The second-order valence-corrected chi connectivity index (χ2v) is 8.54. The highest BCUT2D eigenvalue weighted by molar-refractivity contribution is 6.05. The normalized spacial score (nSPS) is 21.5. The third-order valence-corrected chi connectivity index (χ3v) is 5.95. The molecule has 0 radical (unpaired) electrons. The number of rotatable bonds is 9. The molecule has 0 aliphatic carbocycles. The molecule has 0 spiro atoms. The van der Waals surface area contributed by atoms with E-state index in [2.05, 4.69) is 5.32 Å². The Bertz CT molecular complexity index is 1110. The maximum Gasteiger partial charge on any atom is 0.337 e. The Balaban J connectivity index is 1.75. The summed E-state index contributed by atoms with van der Waals surface area (Å²) < 4.78 is 22.1. The average Bonchev–Trinajstić information content (AvgIpc) is 3.42. The molecule has 3 unspecified atom stereocenters. The minimum absolute atomic E-state index is 0.0779. The number of hydrogen-bond acceptors (Lipinski definition) is 7. The minimum atomic E-state index is -1.20. The number of anilines is 1. The van der Waals surface area contributed by atoms with E-state index in [1.807, 2.05) is 74.5 Å². The van der Waals surface area contributed by atoms with Crippen LogP contribution in [-0.4, -0.2) is 50.0 Å². The number of fused-ring (bicyclic) bond motifs is 2. The van der Waals surface area contributed by atoms with Gasteiger partial charge in [-0.2, -0.15) is 0 Å². The molecular weight excluding hydrogens is 434 g/mol. The quantitative estimate of drug-likeness (QED) is 0.447. The van der Waals surface area contributed by atoms with Crippen LogP contribution in [0.4, 0.5) is 5.69 Å². The van der Waals surface area contributed by atoms with E-state index in [9.17, 15) is 9.59 Å². The third-order valence-electron chi connectivity index (χ3n) is 5.95. The Hall–Kier alpha value is -3.58. The number of methoxy groups -OCH3 is 2. The predicted molar refractivity (Wildman–Crippen MR) is 128 cm³/mol. The topological polar surface area (TPSA) is 83.1 Å². The van der Waals surface area contributed by atoms with E-state index in [0.29, 0.717) is 6.42 Å². The van der Waals surface area contributed by atoms with Gasteiger partial charge >= 0.3 is 11.9 Å². The number of nitrogens with one attached hydrogen (secondary N) is 1. The molecule has 0 amide bonds. The Labute approximate surface area is 199 Å². The first kappa shape index (κ1) is 23.6. The highest BCUT2D eigenvalue weighted by atomic mass is 16.6. The predicted octanol–water partition coefficient (Wildman–Crippen LogP) is 3.85. The molecule has 34 heavy (non-hydrogen) atoms. The van der Waals surface area contributed by atoms with Crippen LogP contribution in [0.3, 0.4) is 0 Å². The number of hydrogen-bond donors (Lipinski definition) is 1. The van der Waals surface area contributed by atoms with Crippen molar-refractivity contribution < 1.29 is 28.5 Å². The highest BCUT2D eigenvalue weighted by Gasteiger charge is 2.58. The fourth-order valence-electron chi connectivity index (χ4n) is 4.50.